The maximum absolute atomic E-state index is 9.67. The molecule has 0 aromatic carbocycles. The van der Waals surface area contributed by atoms with Crippen LogP contribution in [-0.4, -0.2) is 35.6 Å². The van der Waals surface area contributed by atoms with Gasteiger partial charge in [-0.25, -0.2) is 0 Å². The van der Waals surface area contributed by atoms with E-state index in [1.54, 1.807) is 0 Å². The lowest BCUT2D eigenvalue weighted by atomic mass is 9.78. The summed E-state index contributed by atoms with van der Waals surface area (Å²) in [4.78, 5) is 2.71. The summed E-state index contributed by atoms with van der Waals surface area (Å²) in [6.45, 7) is 6.76. The zero-order valence-corrected chi connectivity index (χ0v) is 13.3. The van der Waals surface area contributed by atoms with Gasteiger partial charge in [-0.15, -0.1) is 0 Å². The van der Waals surface area contributed by atoms with E-state index in [2.05, 4.69) is 30.1 Å². The van der Waals surface area contributed by atoms with Gasteiger partial charge in [-0.1, -0.05) is 19.8 Å². The summed E-state index contributed by atoms with van der Waals surface area (Å²) in [5.74, 6) is 0. The molecule has 3 heteroatoms. The predicted octanol–water partition coefficient (Wildman–Crippen LogP) is 3.46. The summed E-state index contributed by atoms with van der Waals surface area (Å²) < 4.78 is 0. The Labute approximate surface area is 124 Å². The van der Waals surface area contributed by atoms with Crippen molar-refractivity contribution in [2.75, 3.05) is 13.1 Å². The summed E-state index contributed by atoms with van der Waals surface area (Å²) in [6, 6.07) is 3.92. The molecule has 0 spiro atoms. The Morgan fingerprint density at radius 2 is 2.10 bits per heavy atom. The molecule has 20 heavy (non-hydrogen) atoms. The van der Waals surface area contributed by atoms with E-state index in [-0.39, 0.29) is 5.54 Å². The second-order valence-electron chi connectivity index (χ2n) is 6.81. The molecule has 3 nitrogen and oxygen atoms in total. The summed E-state index contributed by atoms with van der Waals surface area (Å²) in [7, 11) is 0. The highest BCUT2D eigenvalue weighted by Crippen LogP contribution is 2.33. The molecule has 114 valence electrons. The minimum absolute atomic E-state index is 0.259. The van der Waals surface area contributed by atoms with Crippen LogP contribution in [0.4, 0.5) is 0 Å². The summed E-state index contributed by atoms with van der Waals surface area (Å²) in [6.07, 6.45) is 11.1. The molecule has 0 amide bonds. The monoisotopic (exact) mass is 277 g/mol. The number of nitrogens with one attached hydrogen (secondary N) is 1. The number of nitriles is 1. The Kier molecular flexibility index (Phi) is 5.86. The van der Waals surface area contributed by atoms with Crippen molar-refractivity contribution in [1.82, 2.24) is 10.2 Å². The van der Waals surface area contributed by atoms with Crippen LogP contribution in [0, 0.1) is 11.3 Å². The van der Waals surface area contributed by atoms with Crippen LogP contribution in [0.3, 0.4) is 0 Å². The van der Waals surface area contributed by atoms with Gasteiger partial charge < -0.3 is 0 Å². The van der Waals surface area contributed by atoms with Crippen molar-refractivity contribution in [3.05, 3.63) is 0 Å². The van der Waals surface area contributed by atoms with Crippen LogP contribution in [0.2, 0.25) is 0 Å². The Balaban J connectivity index is 2.02. The lowest BCUT2D eigenvalue weighted by Gasteiger charge is -2.43. The fraction of sp³-hybridized carbons (Fsp3) is 0.941. The zero-order chi connectivity index (χ0) is 14.4. The van der Waals surface area contributed by atoms with E-state index in [4.69, 9.17) is 0 Å². The normalized spacial score (nSPS) is 36.2. The lowest BCUT2D eigenvalue weighted by Crippen LogP contribution is -2.54. The molecule has 2 aliphatic rings. The fourth-order valence-corrected chi connectivity index (χ4v) is 4.03. The standard InChI is InChI=1S/C17H31N3/c1-3-11-19-17(14-18)10-7-9-16(13-17)20-12-6-4-5-8-15(20)2/h15-16,19H,3-13H2,1-2H3. The number of hydrogen-bond acceptors (Lipinski definition) is 3. The van der Waals surface area contributed by atoms with Gasteiger partial charge in [0.1, 0.15) is 5.54 Å². The Morgan fingerprint density at radius 1 is 1.25 bits per heavy atom. The van der Waals surface area contributed by atoms with E-state index in [9.17, 15) is 5.26 Å². The molecule has 1 N–H and O–H groups in total. The van der Waals surface area contributed by atoms with Crippen molar-refractivity contribution >= 4 is 0 Å². The Morgan fingerprint density at radius 3 is 2.85 bits per heavy atom. The van der Waals surface area contributed by atoms with Crippen LogP contribution in [0.25, 0.3) is 0 Å². The van der Waals surface area contributed by atoms with E-state index in [1.165, 1.54) is 45.1 Å². The third-order valence-corrected chi connectivity index (χ3v) is 5.23. The molecular weight excluding hydrogens is 246 g/mol. The topological polar surface area (TPSA) is 39.1 Å². The van der Waals surface area contributed by atoms with Crippen molar-refractivity contribution < 1.29 is 0 Å². The molecule has 1 saturated heterocycles. The first-order valence-electron chi connectivity index (χ1n) is 8.63. The molecule has 1 aliphatic carbocycles. The van der Waals surface area contributed by atoms with Gasteiger partial charge in [0, 0.05) is 12.1 Å². The van der Waals surface area contributed by atoms with Crippen molar-refractivity contribution in [2.45, 2.75) is 89.3 Å². The number of likely N-dealkylation sites (tertiary alicyclic amines) is 1. The largest absolute Gasteiger partial charge is 0.299 e. The van der Waals surface area contributed by atoms with Gasteiger partial charge in [-0.05, 0) is 65.0 Å². The first-order chi connectivity index (χ1) is 9.71. The maximum Gasteiger partial charge on any atom is 0.108 e. The number of nitrogens with zero attached hydrogens (tertiary/aromatic N) is 2. The average molecular weight is 277 g/mol. The van der Waals surface area contributed by atoms with E-state index < -0.39 is 0 Å². The number of rotatable bonds is 4. The van der Waals surface area contributed by atoms with E-state index in [0.717, 1.165) is 25.8 Å². The maximum atomic E-state index is 9.67. The van der Waals surface area contributed by atoms with E-state index in [1.807, 2.05) is 0 Å². The Hall–Kier alpha value is -0.590. The van der Waals surface area contributed by atoms with Gasteiger partial charge in [0.2, 0.25) is 0 Å². The smallest absolute Gasteiger partial charge is 0.108 e. The molecule has 2 rings (SSSR count). The highest BCUT2D eigenvalue weighted by Gasteiger charge is 2.39. The summed E-state index contributed by atoms with van der Waals surface area (Å²) >= 11 is 0. The van der Waals surface area contributed by atoms with Gasteiger partial charge in [0.25, 0.3) is 0 Å². The van der Waals surface area contributed by atoms with Gasteiger partial charge in [0.05, 0.1) is 6.07 Å². The molecule has 2 fully saturated rings. The van der Waals surface area contributed by atoms with Crippen LogP contribution >= 0.6 is 0 Å². The average Bonchev–Trinajstić information content (AvgIpc) is 2.70. The van der Waals surface area contributed by atoms with Crippen molar-refractivity contribution in [2.24, 2.45) is 0 Å². The van der Waals surface area contributed by atoms with Crippen LogP contribution in [0.5, 0.6) is 0 Å². The molecule has 1 saturated carbocycles. The van der Waals surface area contributed by atoms with E-state index in [0.29, 0.717) is 12.1 Å². The van der Waals surface area contributed by atoms with Crippen molar-refractivity contribution in [3.8, 4) is 6.07 Å². The minimum atomic E-state index is -0.259. The highest BCUT2D eigenvalue weighted by atomic mass is 15.2. The van der Waals surface area contributed by atoms with Crippen molar-refractivity contribution in [1.29, 1.82) is 5.26 Å². The zero-order valence-electron chi connectivity index (χ0n) is 13.3. The molecule has 1 aliphatic heterocycles. The van der Waals surface area contributed by atoms with Crippen LogP contribution < -0.4 is 5.32 Å². The molecule has 3 unspecified atom stereocenters. The first kappa shape index (κ1) is 15.8. The number of hydrogen-bond donors (Lipinski definition) is 1. The molecular formula is C17H31N3. The van der Waals surface area contributed by atoms with E-state index >= 15 is 0 Å². The third-order valence-electron chi connectivity index (χ3n) is 5.23. The highest BCUT2D eigenvalue weighted by molar-refractivity contribution is 5.11. The molecule has 1 heterocycles. The van der Waals surface area contributed by atoms with Gasteiger partial charge in [-0.2, -0.15) is 5.26 Å². The summed E-state index contributed by atoms with van der Waals surface area (Å²) in [5.41, 5.74) is -0.259. The van der Waals surface area contributed by atoms with Gasteiger partial charge >= 0.3 is 0 Å². The second kappa shape index (κ2) is 7.43. The van der Waals surface area contributed by atoms with Crippen molar-refractivity contribution in [3.63, 3.8) is 0 Å². The second-order valence-corrected chi connectivity index (χ2v) is 6.81. The SMILES string of the molecule is CCCNC1(C#N)CCCC(N2CCCCCC2C)C1. The molecule has 3 atom stereocenters. The quantitative estimate of drug-likeness (QED) is 0.855. The van der Waals surface area contributed by atoms with Gasteiger partial charge in [0.15, 0.2) is 0 Å². The van der Waals surface area contributed by atoms with Crippen LogP contribution in [-0.2, 0) is 0 Å². The van der Waals surface area contributed by atoms with Gasteiger partial charge in [-0.3, -0.25) is 10.2 Å². The van der Waals surface area contributed by atoms with Crippen LogP contribution in [0.15, 0.2) is 0 Å². The lowest BCUT2D eigenvalue weighted by molar-refractivity contribution is 0.0882. The predicted molar refractivity (Wildman–Crippen MR) is 83.5 cm³/mol. The molecule has 0 bridgehead atoms. The first-order valence-corrected chi connectivity index (χ1v) is 8.63. The summed E-state index contributed by atoms with van der Waals surface area (Å²) in [5, 5.41) is 13.2. The third kappa shape index (κ3) is 3.74. The molecule has 0 aromatic rings. The Bertz CT molecular complexity index is 336. The molecule has 0 radical (unpaired) electrons. The fourth-order valence-electron chi connectivity index (χ4n) is 4.03. The van der Waals surface area contributed by atoms with Crippen LogP contribution in [0.1, 0.15) is 71.6 Å². The molecule has 0 aromatic heterocycles. The minimum Gasteiger partial charge on any atom is -0.299 e.